The fourth-order valence-corrected chi connectivity index (χ4v) is 2.90. The lowest BCUT2D eigenvalue weighted by atomic mass is 10.1. The Balaban J connectivity index is 1.97. The first-order valence-electron chi connectivity index (χ1n) is 7.51. The molecule has 0 unspecified atom stereocenters. The molecule has 1 aromatic carbocycles. The highest BCUT2D eigenvalue weighted by Gasteiger charge is 2.20. The first-order valence-corrected chi connectivity index (χ1v) is 7.51. The summed E-state index contributed by atoms with van der Waals surface area (Å²) in [5.41, 5.74) is 1.90. The summed E-state index contributed by atoms with van der Waals surface area (Å²) in [5.74, 6) is -0.255. The van der Waals surface area contributed by atoms with E-state index in [4.69, 9.17) is 0 Å². The van der Waals surface area contributed by atoms with Gasteiger partial charge in [-0.25, -0.2) is 4.39 Å². The summed E-state index contributed by atoms with van der Waals surface area (Å²) in [7, 11) is 0. The van der Waals surface area contributed by atoms with Crippen LogP contribution >= 0.6 is 0 Å². The molecule has 110 valence electrons. The molecule has 0 radical (unpaired) electrons. The Morgan fingerprint density at radius 2 is 1.86 bits per heavy atom. The van der Waals surface area contributed by atoms with E-state index in [-0.39, 0.29) is 11.7 Å². The number of carbonyl (C=O) groups excluding carboxylic acids is 1. The fourth-order valence-electron chi connectivity index (χ4n) is 2.90. The number of amides is 1. The topological polar surface area (TPSA) is 33.2 Å². The number of benzene rings is 1. The number of aryl methyl sites for hydroxylation is 1. The maximum atomic E-state index is 13.2. The first-order chi connectivity index (χ1) is 10.1. The lowest BCUT2D eigenvalue weighted by molar-refractivity contribution is 0.0760. The fraction of sp³-hybridized carbons (Fsp3) is 0.412. The van der Waals surface area contributed by atoms with Crippen LogP contribution in [-0.2, 0) is 0 Å². The Hall–Kier alpha value is -1.97. The van der Waals surface area contributed by atoms with Crippen LogP contribution in [0.5, 0.6) is 0 Å². The predicted octanol–water partition coefficient (Wildman–Crippen LogP) is 3.70. The zero-order chi connectivity index (χ0) is 14.8. The standard InChI is InChI=1S/C17H19FN2O/c1-12-15(17(21)20-8-4-2-3-5-9-20)10-13-6-7-14(18)11-16(13)19-12/h6-7,10-11H,2-5,8-9H2,1H3. The second-order valence-corrected chi connectivity index (χ2v) is 5.66. The van der Waals surface area contributed by atoms with Crippen LogP contribution in [0.25, 0.3) is 10.9 Å². The van der Waals surface area contributed by atoms with Crippen molar-refractivity contribution < 1.29 is 9.18 Å². The lowest BCUT2D eigenvalue weighted by Gasteiger charge is -2.21. The van der Waals surface area contributed by atoms with Crippen molar-refractivity contribution in [1.82, 2.24) is 9.88 Å². The van der Waals surface area contributed by atoms with Crippen LogP contribution in [0.15, 0.2) is 24.3 Å². The van der Waals surface area contributed by atoms with E-state index in [0.29, 0.717) is 16.8 Å². The number of nitrogens with zero attached hydrogens (tertiary/aromatic N) is 2. The average molecular weight is 286 g/mol. The van der Waals surface area contributed by atoms with E-state index in [1.165, 1.54) is 25.0 Å². The number of hydrogen-bond acceptors (Lipinski definition) is 2. The minimum Gasteiger partial charge on any atom is -0.339 e. The van der Waals surface area contributed by atoms with Crippen molar-refractivity contribution >= 4 is 16.8 Å². The van der Waals surface area contributed by atoms with Crippen LogP contribution in [-0.4, -0.2) is 28.9 Å². The lowest BCUT2D eigenvalue weighted by Crippen LogP contribution is -2.32. The smallest absolute Gasteiger partial charge is 0.255 e. The molecule has 1 aromatic heterocycles. The molecule has 0 saturated carbocycles. The van der Waals surface area contributed by atoms with Crippen molar-refractivity contribution in [2.45, 2.75) is 32.6 Å². The monoisotopic (exact) mass is 286 g/mol. The second kappa shape index (κ2) is 5.80. The predicted molar refractivity (Wildman–Crippen MR) is 80.8 cm³/mol. The van der Waals surface area contributed by atoms with E-state index in [0.717, 1.165) is 31.3 Å². The van der Waals surface area contributed by atoms with Crippen LogP contribution in [0.1, 0.15) is 41.7 Å². The third kappa shape index (κ3) is 2.89. The van der Waals surface area contributed by atoms with Gasteiger partial charge in [0.25, 0.3) is 5.91 Å². The van der Waals surface area contributed by atoms with E-state index in [1.807, 2.05) is 17.9 Å². The van der Waals surface area contributed by atoms with Gasteiger partial charge in [0.05, 0.1) is 16.8 Å². The van der Waals surface area contributed by atoms with E-state index in [2.05, 4.69) is 4.98 Å². The quantitative estimate of drug-likeness (QED) is 0.801. The molecule has 1 amide bonds. The zero-order valence-electron chi connectivity index (χ0n) is 12.2. The Kier molecular flexibility index (Phi) is 3.86. The van der Waals surface area contributed by atoms with Crippen molar-refractivity contribution in [3.05, 3.63) is 41.3 Å². The summed E-state index contributed by atoms with van der Waals surface area (Å²) in [4.78, 5) is 19.0. The third-order valence-corrected chi connectivity index (χ3v) is 4.09. The van der Waals surface area contributed by atoms with Crippen LogP contribution in [0.3, 0.4) is 0 Å². The Morgan fingerprint density at radius 3 is 2.57 bits per heavy atom. The summed E-state index contributed by atoms with van der Waals surface area (Å²) in [5, 5.41) is 0.806. The molecule has 3 rings (SSSR count). The van der Waals surface area contributed by atoms with E-state index in [1.54, 1.807) is 6.07 Å². The minimum absolute atomic E-state index is 0.0492. The summed E-state index contributed by atoms with van der Waals surface area (Å²) >= 11 is 0. The van der Waals surface area contributed by atoms with Crippen molar-refractivity contribution in [2.75, 3.05) is 13.1 Å². The molecule has 1 aliphatic rings. The van der Waals surface area contributed by atoms with Gasteiger partial charge in [-0.3, -0.25) is 9.78 Å². The molecule has 0 aliphatic carbocycles. The highest BCUT2D eigenvalue weighted by molar-refractivity contribution is 5.98. The van der Waals surface area contributed by atoms with Gasteiger partial charge in [0.1, 0.15) is 5.82 Å². The molecule has 0 bridgehead atoms. The molecule has 2 heterocycles. The Labute approximate surface area is 123 Å². The van der Waals surface area contributed by atoms with Crippen LogP contribution < -0.4 is 0 Å². The number of carbonyl (C=O) groups is 1. The average Bonchev–Trinajstić information content (AvgIpc) is 2.74. The third-order valence-electron chi connectivity index (χ3n) is 4.09. The van der Waals surface area contributed by atoms with Crippen molar-refractivity contribution in [2.24, 2.45) is 0 Å². The number of likely N-dealkylation sites (tertiary alicyclic amines) is 1. The normalized spacial score (nSPS) is 16.0. The molecule has 3 nitrogen and oxygen atoms in total. The maximum Gasteiger partial charge on any atom is 0.255 e. The highest BCUT2D eigenvalue weighted by atomic mass is 19.1. The molecule has 1 saturated heterocycles. The summed E-state index contributed by atoms with van der Waals surface area (Å²) in [6, 6.07) is 6.32. The number of pyridine rings is 1. The number of fused-ring (bicyclic) bond motifs is 1. The van der Waals surface area contributed by atoms with E-state index in [9.17, 15) is 9.18 Å². The zero-order valence-corrected chi connectivity index (χ0v) is 12.2. The number of hydrogen-bond donors (Lipinski definition) is 0. The second-order valence-electron chi connectivity index (χ2n) is 5.66. The van der Waals surface area contributed by atoms with Gasteiger partial charge in [-0.15, -0.1) is 0 Å². The van der Waals surface area contributed by atoms with Crippen molar-refractivity contribution in [1.29, 1.82) is 0 Å². The molecule has 0 spiro atoms. The largest absolute Gasteiger partial charge is 0.339 e. The van der Waals surface area contributed by atoms with Gasteiger partial charge in [0.2, 0.25) is 0 Å². The summed E-state index contributed by atoms with van der Waals surface area (Å²) < 4.78 is 13.2. The molecule has 0 N–H and O–H groups in total. The maximum absolute atomic E-state index is 13.2. The molecule has 0 atom stereocenters. The SMILES string of the molecule is Cc1nc2cc(F)ccc2cc1C(=O)N1CCCCCC1. The van der Waals surface area contributed by atoms with Gasteiger partial charge in [-0.2, -0.15) is 0 Å². The minimum atomic E-state index is -0.305. The molecule has 1 aliphatic heterocycles. The number of aromatic nitrogens is 1. The summed E-state index contributed by atoms with van der Waals surface area (Å²) in [6.07, 6.45) is 4.52. The number of halogens is 1. The highest BCUT2D eigenvalue weighted by Crippen LogP contribution is 2.20. The van der Waals surface area contributed by atoms with E-state index >= 15 is 0 Å². The van der Waals surface area contributed by atoms with Gasteiger partial charge in [-0.1, -0.05) is 12.8 Å². The molecule has 21 heavy (non-hydrogen) atoms. The molecular weight excluding hydrogens is 267 g/mol. The first kappa shape index (κ1) is 14.0. The van der Waals surface area contributed by atoms with Crippen LogP contribution in [0, 0.1) is 12.7 Å². The molecule has 2 aromatic rings. The molecular formula is C17H19FN2O. The number of rotatable bonds is 1. The van der Waals surface area contributed by atoms with Gasteiger partial charge in [0.15, 0.2) is 0 Å². The molecule has 4 heteroatoms. The Bertz CT molecular complexity index is 676. The van der Waals surface area contributed by atoms with Crippen molar-refractivity contribution in [3.63, 3.8) is 0 Å². The van der Waals surface area contributed by atoms with Gasteiger partial charge >= 0.3 is 0 Å². The van der Waals surface area contributed by atoms with E-state index < -0.39 is 0 Å². The molecule has 1 fully saturated rings. The van der Waals surface area contributed by atoms with Gasteiger partial charge in [-0.05, 0) is 38.0 Å². The van der Waals surface area contributed by atoms with Crippen molar-refractivity contribution in [3.8, 4) is 0 Å². The van der Waals surface area contributed by atoms with Gasteiger partial charge in [0, 0.05) is 24.5 Å². The Morgan fingerprint density at radius 1 is 1.14 bits per heavy atom. The van der Waals surface area contributed by atoms with Crippen LogP contribution in [0.4, 0.5) is 4.39 Å². The summed E-state index contributed by atoms with van der Waals surface area (Å²) in [6.45, 7) is 3.45. The van der Waals surface area contributed by atoms with Gasteiger partial charge < -0.3 is 4.90 Å². The van der Waals surface area contributed by atoms with Crippen LogP contribution in [0.2, 0.25) is 0 Å².